The monoisotopic (exact) mass is 362 g/mol. The van der Waals surface area contributed by atoms with Crippen molar-refractivity contribution in [3.05, 3.63) is 41.0 Å². The summed E-state index contributed by atoms with van der Waals surface area (Å²) in [6.45, 7) is 6.28. The first kappa shape index (κ1) is 17.8. The highest BCUT2D eigenvalue weighted by Crippen LogP contribution is 2.34. The lowest BCUT2D eigenvalue weighted by atomic mass is 9.99. The molecule has 1 aromatic carbocycles. The lowest BCUT2D eigenvalue weighted by Crippen LogP contribution is -2.42. The van der Waals surface area contributed by atoms with Crippen LogP contribution in [0.2, 0.25) is 5.02 Å². The molecular formula is C19H23ClN2O3. The number of nitrogens with zero attached hydrogens (tertiary/aromatic N) is 2. The van der Waals surface area contributed by atoms with E-state index in [4.69, 9.17) is 20.9 Å². The van der Waals surface area contributed by atoms with E-state index >= 15 is 0 Å². The average molecular weight is 363 g/mol. The molecule has 0 aliphatic carbocycles. The minimum Gasteiger partial charge on any atom is -0.444 e. The standard InChI is InChI=1S/C19H23ClN2O3/c1-19(2,3)24-18(23)22-10-5-4-9-16(22)15-12-17(25-21-15)13-7-6-8-14(20)11-13/h6-8,11-12,16H,4-5,9-10H2,1-3H3/t16-/m1/s1. The fourth-order valence-corrected chi connectivity index (χ4v) is 3.19. The first-order valence-electron chi connectivity index (χ1n) is 8.56. The van der Waals surface area contributed by atoms with Gasteiger partial charge < -0.3 is 9.26 Å². The molecule has 134 valence electrons. The van der Waals surface area contributed by atoms with Gasteiger partial charge in [0.15, 0.2) is 5.76 Å². The van der Waals surface area contributed by atoms with Crippen molar-refractivity contribution in [2.75, 3.05) is 6.54 Å². The van der Waals surface area contributed by atoms with E-state index < -0.39 is 5.60 Å². The van der Waals surface area contributed by atoms with Crippen LogP contribution >= 0.6 is 11.6 Å². The summed E-state index contributed by atoms with van der Waals surface area (Å²) in [6.07, 6.45) is 2.56. The first-order chi connectivity index (χ1) is 11.8. The lowest BCUT2D eigenvalue weighted by molar-refractivity contribution is 0.00869. The van der Waals surface area contributed by atoms with Gasteiger partial charge in [0.2, 0.25) is 0 Å². The molecule has 0 bridgehead atoms. The number of hydrogen-bond acceptors (Lipinski definition) is 4. The third-order valence-corrected chi connectivity index (χ3v) is 4.34. The number of benzene rings is 1. The summed E-state index contributed by atoms with van der Waals surface area (Å²) < 4.78 is 11.0. The topological polar surface area (TPSA) is 55.6 Å². The maximum absolute atomic E-state index is 12.5. The zero-order valence-corrected chi connectivity index (χ0v) is 15.5. The van der Waals surface area contributed by atoms with Gasteiger partial charge in [-0.05, 0) is 52.2 Å². The highest BCUT2D eigenvalue weighted by atomic mass is 35.5. The van der Waals surface area contributed by atoms with Crippen LogP contribution in [-0.2, 0) is 4.74 Å². The molecule has 0 N–H and O–H groups in total. The summed E-state index contributed by atoms with van der Waals surface area (Å²) in [4.78, 5) is 14.3. The number of piperidine rings is 1. The van der Waals surface area contributed by atoms with Gasteiger partial charge in [-0.25, -0.2) is 4.79 Å². The molecular weight excluding hydrogens is 340 g/mol. The van der Waals surface area contributed by atoms with E-state index in [1.165, 1.54) is 0 Å². The largest absolute Gasteiger partial charge is 0.444 e. The van der Waals surface area contributed by atoms with Crippen molar-refractivity contribution in [3.63, 3.8) is 0 Å². The Hall–Kier alpha value is -2.01. The molecule has 5 nitrogen and oxygen atoms in total. The Balaban J connectivity index is 1.82. The smallest absolute Gasteiger partial charge is 0.410 e. The van der Waals surface area contributed by atoms with E-state index in [0.29, 0.717) is 17.3 Å². The van der Waals surface area contributed by atoms with Crippen molar-refractivity contribution >= 4 is 17.7 Å². The van der Waals surface area contributed by atoms with Crippen molar-refractivity contribution < 1.29 is 14.1 Å². The normalized spacial score (nSPS) is 18.2. The summed E-state index contributed by atoms with van der Waals surface area (Å²) in [7, 11) is 0. The highest BCUT2D eigenvalue weighted by Gasteiger charge is 2.33. The Morgan fingerprint density at radius 2 is 2.12 bits per heavy atom. The summed E-state index contributed by atoms with van der Waals surface area (Å²) in [5.41, 5.74) is 1.10. The number of rotatable bonds is 2. The van der Waals surface area contributed by atoms with Gasteiger partial charge in [0.25, 0.3) is 0 Å². The molecule has 25 heavy (non-hydrogen) atoms. The summed E-state index contributed by atoms with van der Waals surface area (Å²) >= 11 is 6.04. The average Bonchev–Trinajstić information content (AvgIpc) is 3.03. The Morgan fingerprint density at radius 3 is 2.84 bits per heavy atom. The maximum atomic E-state index is 12.5. The fraction of sp³-hybridized carbons (Fsp3) is 0.474. The molecule has 6 heteroatoms. The van der Waals surface area contributed by atoms with E-state index in [1.54, 1.807) is 4.90 Å². The molecule has 2 aromatic rings. The quantitative estimate of drug-likeness (QED) is 0.712. The number of hydrogen-bond donors (Lipinski definition) is 0. The van der Waals surface area contributed by atoms with Crippen LogP contribution in [0.25, 0.3) is 11.3 Å². The summed E-state index contributed by atoms with van der Waals surface area (Å²) in [5.74, 6) is 0.646. The first-order valence-corrected chi connectivity index (χ1v) is 8.93. The number of halogens is 1. The van der Waals surface area contributed by atoms with Gasteiger partial charge >= 0.3 is 6.09 Å². The van der Waals surface area contributed by atoms with Crippen molar-refractivity contribution in [1.82, 2.24) is 10.1 Å². The second-order valence-corrected chi connectivity index (χ2v) is 7.75. The van der Waals surface area contributed by atoms with Gasteiger partial charge in [-0.3, -0.25) is 4.90 Å². The number of amides is 1. The van der Waals surface area contributed by atoms with E-state index in [9.17, 15) is 4.79 Å². The van der Waals surface area contributed by atoms with Crippen LogP contribution in [0.4, 0.5) is 4.79 Å². The van der Waals surface area contributed by atoms with Gasteiger partial charge in [0, 0.05) is 23.2 Å². The van der Waals surface area contributed by atoms with E-state index in [0.717, 1.165) is 30.5 Å². The number of aromatic nitrogens is 1. The minimum absolute atomic E-state index is 0.125. The minimum atomic E-state index is -0.519. The molecule has 2 heterocycles. The van der Waals surface area contributed by atoms with Crippen molar-refractivity contribution in [2.45, 2.75) is 51.7 Å². The molecule has 0 spiro atoms. The number of ether oxygens (including phenoxy) is 1. The molecule has 0 saturated carbocycles. The fourth-order valence-electron chi connectivity index (χ4n) is 3.00. The van der Waals surface area contributed by atoms with Gasteiger partial charge in [-0.2, -0.15) is 0 Å². The Bertz CT molecular complexity index is 751. The van der Waals surface area contributed by atoms with Crippen LogP contribution < -0.4 is 0 Å². The van der Waals surface area contributed by atoms with E-state index in [-0.39, 0.29) is 12.1 Å². The Labute approximate surface area is 152 Å². The third-order valence-electron chi connectivity index (χ3n) is 4.11. The molecule has 0 unspecified atom stereocenters. The summed E-state index contributed by atoms with van der Waals surface area (Å²) in [6, 6.07) is 9.20. The van der Waals surface area contributed by atoms with Crippen LogP contribution in [0.1, 0.15) is 51.8 Å². The van der Waals surface area contributed by atoms with Gasteiger partial charge in [-0.1, -0.05) is 28.9 Å². The van der Waals surface area contributed by atoms with E-state index in [1.807, 2.05) is 51.1 Å². The molecule has 1 fully saturated rings. The molecule has 3 rings (SSSR count). The van der Waals surface area contributed by atoms with Crippen LogP contribution in [0.15, 0.2) is 34.9 Å². The van der Waals surface area contributed by atoms with Gasteiger partial charge in [-0.15, -0.1) is 0 Å². The molecule has 1 atom stereocenters. The van der Waals surface area contributed by atoms with Gasteiger partial charge in [0.1, 0.15) is 11.3 Å². The van der Waals surface area contributed by atoms with Gasteiger partial charge in [0.05, 0.1) is 6.04 Å². The number of likely N-dealkylation sites (tertiary alicyclic amines) is 1. The Morgan fingerprint density at radius 1 is 1.32 bits per heavy atom. The van der Waals surface area contributed by atoms with Crippen molar-refractivity contribution in [2.24, 2.45) is 0 Å². The highest BCUT2D eigenvalue weighted by molar-refractivity contribution is 6.30. The Kier molecular flexibility index (Phi) is 5.04. The molecule has 1 saturated heterocycles. The second-order valence-electron chi connectivity index (χ2n) is 7.31. The predicted molar refractivity (Wildman–Crippen MR) is 96.5 cm³/mol. The van der Waals surface area contributed by atoms with Crippen LogP contribution in [0, 0.1) is 0 Å². The third kappa shape index (κ3) is 4.34. The number of carbonyl (C=O) groups is 1. The molecule has 1 aromatic heterocycles. The van der Waals surface area contributed by atoms with Crippen LogP contribution in [-0.4, -0.2) is 28.3 Å². The molecule has 0 radical (unpaired) electrons. The number of carbonyl (C=O) groups excluding carboxylic acids is 1. The molecule has 1 amide bonds. The zero-order valence-electron chi connectivity index (χ0n) is 14.8. The predicted octanol–water partition coefficient (Wildman–Crippen LogP) is 5.46. The van der Waals surface area contributed by atoms with Crippen molar-refractivity contribution in [3.8, 4) is 11.3 Å². The zero-order chi connectivity index (χ0) is 18.0. The van der Waals surface area contributed by atoms with Crippen molar-refractivity contribution in [1.29, 1.82) is 0 Å². The maximum Gasteiger partial charge on any atom is 0.410 e. The lowest BCUT2D eigenvalue weighted by Gasteiger charge is -2.35. The summed E-state index contributed by atoms with van der Waals surface area (Å²) in [5, 5.41) is 4.85. The molecule has 1 aliphatic heterocycles. The van der Waals surface area contributed by atoms with E-state index in [2.05, 4.69) is 5.16 Å². The molecule has 1 aliphatic rings. The second kappa shape index (κ2) is 7.08. The SMILES string of the molecule is CC(C)(C)OC(=O)N1CCCC[C@@H]1c1cc(-c2cccc(Cl)c2)on1. The van der Waals surface area contributed by atoms with Crippen LogP contribution in [0.3, 0.4) is 0 Å². The van der Waals surface area contributed by atoms with Crippen LogP contribution in [0.5, 0.6) is 0 Å².